The summed E-state index contributed by atoms with van der Waals surface area (Å²) in [5.74, 6) is 1.42. The molecule has 0 saturated carbocycles. The Morgan fingerprint density at radius 1 is 0.972 bits per heavy atom. The second-order valence-electron chi connectivity index (χ2n) is 8.30. The highest BCUT2D eigenvalue weighted by Gasteiger charge is 2.43. The number of nitrogens with zero attached hydrogens (tertiary/aromatic N) is 4. The lowest BCUT2D eigenvalue weighted by molar-refractivity contribution is 0.402. The zero-order chi connectivity index (χ0) is 24.6. The highest BCUT2D eigenvalue weighted by Crippen LogP contribution is 2.46. The fourth-order valence-electron chi connectivity index (χ4n) is 4.67. The van der Waals surface area contributed by atoms with Crippen molar-refractivity contribution in [3.8, 4) is 16.6 Å². The van der Waals surface area contributed by atoms with Crippen molar-refractivity contribution in [3.05, 3.63) is 96.6 Å². The van der Waals surface area contributed by atoms with Crippen LogP contribution in [-0.4, -0.2) is 33.9 Å². The molecule has 1 saturated heterocycles. The van der Waals surface area contributed by atoms with Gasteiger partial charge in [0.05, 0.1) is 47.6 Å². The third-order valence-electron chi connectivity index (χ3n) is 6.32. The van der Waals surface area contributed by atoms with Crippen molar-refractivity contribution in [1.82, 2.24) is 19.9 Å². The first-order valence-electron chi connectivity index (χ1n) is 11.4. The van der Waals surface area contributed by atoms with E-state index >= 15 is 0 Å². The molecule has 4 heterocycles. The van der Waals surface area contributed by atoms with Gasteiger partial charge in [-0.1, -0.05) is 29.5 Å². The largest absolute Gasteiger partial charge is 0.497 e. The van der Waals surface area contributed by atoms with Crippen LogP contribution in [0.15, 0.2) is 85.2 Å². The minimum absolute atomic E-state index is 0.197. The Bertz CT molecular complexity index is 1520. The summed E-state index contributed by atoms with van der Waals surface area (Å²) in [7, 11) is 3.31. The van der Waals surface area contributed by atoms with Gasteiger partial charge in [0.1, 0.15) is 17.5 Å². The van der Waals surface area contributed by atoms with Gasteiger partial charge in [-0.05, 0) is 60.7 Å². The molecule has 3 aromatic heterocycles. The fraction of sp³-hybridized carbons (Fsp3) is 0.148. The molecule has 0 radical (unpaired) electrons. The number of aromatic nitrogens is 3. The lowest BCUT2D eigenvalue weighted by Crippen LogP contribution is -2.30. The van der Waals surface area contributed by atoms with E-state index in [0.29, 0.717) is 10.9 Å². The quantitative estimate of drug-likeness (QED) is 0.293. The first-order valence-corrected chi connectivity index (χ1v) is 12.7. The maximum Gasteiger partial charge on any atom is 0.194 e. The molecule has 1 aliphatic heterocycles. The van der Waals surface area contributed by atoms with Gasteiger partial charge in [0, 0.05) is 18.5 Å². The SMILES string of the molecule is COc1ccc(OC)c(N2C(=S)N[C@@H](c3ccccn3)[C@H]2c2cccn2-c2nc3ccccc3s2)c1. The third kappa shape index (κ3) is 3.77. The predicted octanol–water partition coefficient (Wildman–Crippen LogP) is 5.68. The first kappa shape index (κ1) is 22.5. The van der Waals surface area contributed by atoms with E-state index in [2.05, 4.69) is 31.9 Å². The van der Waals surface area contributed by atoms with Crippen molar-refractivity contribution in [2.24, 2.45) is 0 Å². The normalized spacial score (nSPS) is 17.4. The number of methoxy groups -OCH3 is 2. The average molecular weight is 514 g/mol. The van der Waals surface area contributed by atoms with Crippen LogP contribution in [0.3, 0.4) is 0 Å². The molecule has 0 bridgehead atoms. The van der Waals surface area contributed by atoms with Crippen molar-refractivity contribution in [3.63, 3.8) is 0 Å². The Kier molecular flexibility index (Phi) is 5.79. The van der Waals surface area contributed by atoms with Crippen LogP contribution < -0.4 is 19.7 Å². The second kappa shape index (κ2) is 9.25. The van der Waals surface area contributed by atoms with Gasteiger partial charge in [-0.25, -0.2) is 4.98 Å². The van der Waals surface area contributed by atoms with E-state index in [4.69, 9.17) is 26.7 Å². The number of pyridine rings is 1. The van der Waals surface area contributed by atoms with Crippen molar-refractivity contribution >= 4 is 44.6 Å². The van der Waals surface area contributed by atoms with Crippen LogP contribution in [0.2, 0.25) is 0 Å². The van der Waals surface area contributed by atoms with Gasteiger partial charge in [-0.2, -0.15) is 0 Å². The molecular weight excluding hydrogens is 490 g/mol. The summed E-state index contributed by atoms with van der Waals surface area (Å²) in [6.07, 6.45) is 3.85. The van der Waals surface area contributed by atoms with Crippen molar-refractivity contribution < 1.29 is 9.47 Å². The number of anilines is 1. The summed E-state index contributed by atoms with van der Waals surface area (Å²) < 4.78 is 14.6. The highest BCUT2D eigenvalue weighted by atomic mass is 32.1. The van der Waals surface area contributed by atoms with E-state index in [1.54, 1.807) is 31.8 Å². The van der Waals surface area contributed by atoms with Gasteiger partial charge < -0.3 is 19.7 Å². The Morgan fingerprint density at radius 3 is 2.61 bits per heavy atom. The van der Waals surface area contributed by atoms with E-state index in [-0.39, 0.29) is 12.1 Å². The topological polar surface area (TPSA) is 64.4 Å². The molecule has 1 N–H and O–H groups in total. The number of para-hydroxylation sites is 1. The summed E-state index contributed by atoms with van der Waals surface area (Å²) in [5, 5.41) is 5.00. The molecule has 6 rings (SSSR count). The molecule has 0 aliphatic carbocycles. The van der Waals surface area contributed by atoms with Gasteiger partial charge in [0.2, 0.25) is 0 Å². The molecule has 7 nitrogen and oxygen atoms in total. The van der Waals surface area contributed by atoms with E-state index in [1.165, 1.54) is 0 Å². The molecule has 36 heavy (non-hydrogen) atoms. The third-order valence-corrected chi connectivity index (χ3v) is 7.67. The first-order chi connectivity index (χ1) is 17.7. The number of hydrogen-bond acceptors (Lipinski definition) is 6. The Morgan fingerprint density at radius 2 is 1.83 bits per heavy atom. The van der Waals surface area contributed by atoms with Crippen LogP contribution in [0.25, 0.3) is 15.3 Å². The van der Waals surface area contributed by atoms with Gasteiger partial charge in [0.25, 0.3) is 0 Å². The molecule has 1 fully saturated rings. The highest BCUT2D eigenvalue weighted by molar-refractivity contribution is 7.80. The Labute approximate surface area is 217 Å². The molecule has 5 aromatic rings. The van der Waals surface area contributed by atoms with Crippen LogP contribution in [0, 0.1) is 0 Å². The van der Waals surface area contributed by atoms with Crippen LogP contribution >= 0.6 is 23.6 Å². The zero-order valence-electron chi connectivity index (χ0n) is 19.7. The summed E-state index contributed by atoms with van der Waals surface area (Å²) in [6, 6.07) is 23.6. The Hall–Kier alpha value is -3.95. The molecule has 9 heteroatoms. The van der Waals surface area contributed by atoms with Crippen LogP contribution in [0.4, 0.5) is 5.69 Å². The molecule has 2 aromatic carbocycles. The summed E-state index contributed by atoms with van der Waals surface area (Å²) >= 11 is 7.57. The Balaban J connectivity index is 1.54. The number of benzene rings is 2. The maximum absolute atomic E-state index is 5.92. The van der Waals surface area contributed by atoms with Crippen LogP contribution in [0.5, 0.6) is 11.5 Å². The van der Waals surface area contributed by atoms with Crippen LogP contribution in [0.1, 0.15) is 23.5 Å². The number of hydrogen-bond donors (Lipinski definition) is 1. The van der Waals surface area contributed by atoms with Crippen molar-refractivity contribution in [1.29, 1.82) is 0 Å². The fourth-order valence-corrected chi connectivity index (χ4v) is 5.98. The summed E-state index contributed by atoms with van der Waals surface area (Å²) in [5.41, 5.74) is 3.72. The van der Waals surface area contributed by atoms with Crippen molar-refractivity contribution in [2.45, 2.75) is 12.1 Å². The average Bonchev–Trinajstić information content (AvgIpc) is 3.65. The standard InChI is InChI=1S/C27H23N5O2S2/c1-33-17-12-13-22(34-2)21(16-17)32-25(24(30-26(32)35)19-9-5-6-14-28-19)20-10-7-15-31(20)27-29-18-8-3-4-11-23(18)36-27/h3-16,24-25H,1-2H3,(H,30,35)/t24-,25+/m0/s1. The maximum atomic E-state index is 5.92. The van der Waals surface area contributed by atoms with Gasteiger partial charge in [-0.15, -0.1) is 0 Å². The molecule has 0 spiro atoms. The second-order valence-corrected chi connectivity index (χ2v) is 9.70. The lowest BCUT2D eigenvalue weighted by atomic mass is 10.0. The number of thiazole rings is 1. The molecule has 0 amide bonds. The smallest absolute Gasteiger partial charge is 0.194 e. The minimum atomic E-state index is -0.226. The van der Waals surface area contributed by atoms with E-state index in [1.807, 2.05) is 66.9 Å². The van der Waals surface area contributed by atoms with E-state index in [9.17, 15) is 0 Å². The van der Waals surface area contributed by atoms with E-state index < -0.39 is 0 Å². The molecule has 0 unspecified atom stereocenters. The molecule has 180 valence electrons. The van der Waals surface area contributed by atoms with Gasteiger partial charge >= 0.3 is 0 Å². The predicted molar refractivity (Wildman–Crippen MR) is 146 cm³/mol. The van der Waals surface area contributed by atoms with Gasteiger partial charge in [0.15, 0.2) is 10.2 Å². The number of nitrogens with one attached hydrogen (secondary N) is 1. The van der Waals surface area contributed by atoms with Gasteiger partial charge in [-0.3, -0.25) is 9.55 Å². The molecular formula is C27H23N5O2S2. The number of rotatable bonds is 6. The van der Waals surface area contributed by atoms with E-state index in [0.717, 1.165) is 38.2 Å². The number of ether oxygens (including phenoxy) is 2. The number of fused-ring (bicyclic) bond motifs is 1. The zero-order valence-corrected chi connectivity index (χ0v) is 21.3. The molecule has 1 aliphatic rings. The summed E-state index contributed by atoms with van der Waals surface area (Å²) in [6.45, 7) is 0. The minimum Gasteiger partial charge on any atom is -0.497 e. The number of thiocarbonyl (C=S) groups is 1. The lowest BCUT2D eigenvalue weighted by Gasteiger charge is -2.29. The van der Waals surface area contributed by atoms with Crippen LogP contribution in [-0.2, 0) is 0 Å². The monoisotopic (exact) mass is 513 g/mol. The molecule has 2 atom stereocenters. The van der Waals surface area contributed by atoms with Crippen molar-refractivity contribution in [2.75, 3.05) is 19.1 Å². The summed E-state index contributed by atoms with van der Waals surface area (Å²) in [4.78, 5) is 11.7.